The predicted molar refractivity (Wildman–Crippen MR) is 83.1 cm³/mol. The van der Waals surface area contributed by atoms with E-state index in [-0.39, 0.29) is 11.7 Å². The molecule has 0 aliphatic carbocycles. The molecule has 1 aromatic carbocycles. The third kappa shape index (κ3) is 3.62. The van der Waals surface area contributed by atoms with Gasteiger partial charge in [-0.15, -0.1) is 0 Å². The average molecular weight is 361 g/mol. The molecule has 112 valence electrons. The summed E-state index contributed by atoms with van der Waals surface area (Å²) in [5.41, 5.74) is 2.14. The van der Waals surface area contributed by atoms with Crippen molar-refractivity contribution >= 4 is 21.8 Å². The van der Waals surface area contributed by atoms with E-state index in [1.54, 1.807) is 23.1 Å². The minimum atomic E-state index is -0.239. The van der Waals surface area contributed by atoms with Gasteiger partial charge in [-0.3, -0.25) is 4.79 Å². The van der Waals surface area contributed by atoms with Crippen molar-refractivity contribution in [3.63, 3.8) is 0 Å². The summed E-state index contributed by atoms with van der Waals surface area (Å²) in [6.45, 7) is 1.12. The van der Waals surface area contributed by atoms with Gasteiger partial charge in [0.15, 0.2) is 10.4 Å². The lowest BCUT2D eigenvalue weighted by atomic mass is 10.1. The molecule has 2 heterocycles. The molecule has 0 spiro atoms. The zero-order valence-corrected chi connectivity index (χ0v) is 13.2. The molecule has 0 aliphatic heterocycles. The number of carbonyl (C=O) groups excluding carboxylic acids is 1. The summed E-state index contributed by atoms with van der Waals surface area (Å²) in [6.07, 6.45) is 3.19. The molecule has 22 heavy (non-hydrogen) atoms. The van der Waals surface area contributed by atoms with Gasteiger partial charge in [0.05, 0.1) is 6.54 Å². The van der Waals surface area contributed by atoms with Crippen LogP contribution < -0.4 is 5.32 Å². The number of rotatable bonds is 5. The Hall–Kier alpha value is -2.41. The smallest absolute Gasteiger partial charge is 0.287 e. The van der Waals surface area contributed by atoms with Crippen LogP contribution in [0.1, 0.15) is 21.7 Å². The van der Waals surface area contributed by atoms with E-state index < -0.39 is 0 Å². The Morgan fingerprint density at radius 2 is 1.95 bits per heavy atom. The monoisotopic (exact) mass is 360 g/mol. The highest BCUT2D eigenvalue weighted by atomic mass is 79.9. The van der Waals surface area contributed by atoms with Crippen molar-refractivity contribution in [1.29, 1.82) is 0 Å². The fourth-order valence-corrected chi connectivity index (χ4v) is 2.28. The number of hydrogen-bond acceptors (Lipinski definition) is 4. The first-order chi connectivity index (χ1) is 10.7. The maximum absolute atomic E-state index is 11.9. The Kier molecular flexibility index (Phi) is 4.34. The Balaban J connectivity index is 1.56. The van der Waals surface area contributed by atoms with Gasteiger partial charge in [-0.25, -0.2) is 9.67 Å². The molecule has 0 aliphatic rings. The minimum Gasteiger partial charge on any atom is -0.444 e. The number of carbonyl (C=O) groups is 1. The summed E-state index contributed by atoms with van der Waals surface area (Å²) < 4.78 is 7.49. The average Bonchev–Trinajstić information content (AvgIpc) is 3.18. The molecular formula is C15H13BrN4O2. The van der Waals surface area contributed by atoms with Crippen LogP contribution in [0.3, 0.4) is 0 Å². The quantitative estimate of drug-likeness (QED) is 0.758. The number of aromatic nitrogens is 3. The first-order valence-corrected chi connectivity index (χ1v) is 7.44. The van der Waals surface area contributed by atoms with Crippen LogP contribution in [0.25, 0.3) is 0 Å². The number of nitrogens with zero attached hydrogens (tertiary/aromatic N) is 3. The molecule has 3 aromatic rings. The highest BCUT2D eigenvalue weighted by molar-refractivity contribution is 9.10. The topological polar surface area (TPSA) is 73.0 Å². The van der Waals surface area contributed by atoms with Crippen LogP contribution in [-0.2, 0) is 13.1 Å². The van der Waals surface area contributed by atoms with Gasteiger partial charge in [0.25, 0.3) is 5.91 Å². The molecule has 0 unspecified atom stereocenters. The van der Waals surface area contributed by atoms with Gasteiger partial charge in [0, 0.05) is 6.54 Å². The van der Waals surface area contributed by atoms with Crippen LogP contribution in [0.5, 0.6) is 0 Å². The number of furan rings is 1. The summed E-state index contributed by atoms with van der Waals surface area (Å²) in [6, 6.07) is 11.3. The third-order valence-corrected chi connectivity index (χ3v) is 3.51. The molecule has 1 N–H and O–H groups in total. The van der Waals surface area contributed by atoms with Crippen LogP contribution in [0.15, 0.2) is 58.1 Å². The zero-order chi connectivity index (χ0) is 15.4. The van der Waals surface area contributed by atoms with Gasteiger partial charge in [0.1, 0.15) is 12.7 Å². The van der Waals surface area contributed by atoms with Gasteiger partial charge in [-0.2, -0.15) is 5.10 Å². The Labute approximate surface area is 135 Å². The molecule has 0 saturated carbocycles. The van der Waals surface area contributed by atoms with Crippen LogP contribution in [0, 0.1) is 0 Å². The van der Waals surface area contributed by atoms with Gasteiger partial charge in [-0.05, 0) is 39.2 Å². The Bertz CT molecular complexity index is 750. The molecule has 7 heteroatoms. The van der Waals surface area contributed by atoms with Gasteiger partial charge in [0.2, 0.25) is 0 Å². The van der Waals surface area contributed by atoms with Crippen molar-refractivity contribution in [3.8, 4) is 0 Å². The molecule has 0 bridgehead atoms. The highest BCUT2D eigenvalue weighted by Crippen LogP contribution is 2.14. The van der Waals surface area contributed by atoms with Crippen molar-refractivity contribution < 1.29 is 9.21 Å². The summed E-state index contributed by atoms with van der Waals surface area (Å²) in [5.74, 6) is 0.0482. The van der Waals surface area contributed by atoms with Crippen molar-refractivity contribution in [1.82, 2.24) is 20.1 Å². The molecule has 0 saturated heterocycles. The standard InChI is InChI=1S/C15H13BrN4O2/c16-14-6-5-13(22-14)15(21)18-7-11-1-3-12(4-2-11)8-20-10-17-9-19-20/h1-6,9-10H,7-8H2,(H,18,21). The summed E-state index contributed by atoms with van der Waals surface area (Å²) >= 11 is 3.17. The van der Waals surface area contributed by atoms with E-state index in [0.29, 0.717) is 17.8 Å². The van der Waals surface area contributed by atoms with Crippen molar-refractivity contribution in [2.45, 2.75) is 13.1 Å². The van der Waals surface area contributed by atoms with Crippen molar-refractivity contribution in [3.05, 3.63) is 70.6 Å². The molecule has 0 atom stereocenters. The second kappa shape index (κ2) is 6.57. The first-order valence-electron chi connectivity index (χ1n) is 6.64. The largest absolute Gasteiger partial charge is 0.444 e. The summed E-state index contributed by atoms with van der Waals surface area (Å²) in [5, 5.41) is 6.88. The van der Waals surface area contributed by atoms with E-state index in [4.69, 9.17) is 4.42 Å². The van der Waals surface area contributed by atoms with Gasteiger partial charge in [-0.1, -0.05) is 24.3 Å². The van der Waals surface area contributed by atoms with Crippen LogP contribution in [0.4, 0.5) is 0 Å². The van der Waals surface area contributed by atoms with E-state index in [1.807, 2.05) is 24.3 Å². The van der Waals surface area contributed by atoms with E-state index in [1.165, 1.54) is 6.33 Å². The normalized spacial score (nSPS) is 10.6. The first kappa shape index (κ1) is 14.5. The second-order valence-corrected chi connectivity index (χ2v) is 5.48. The zero-order valence-electron chi connectivity index (χ0n) is 11.6. The van der Waals surface area contributed by atoms with E-state index in [2.05, 4.69) is 31.3 Å². The fraction of sp³-hybridized carbons (Fsp3) is 0.133. The Morgan fingerprint density at radius 3 is 2.59 bits per heavy atom. The van der Waals surface area contributed by atoms with Crippen LogP contribution in [-0.4, -0.2) is 20.7 Å². The molecular weight excluding hydrogens is 348 g/mol. The lowest BCUT2D eigenvalue weighted by Gasteiger charge is -2.05. The number of benzene rings is 1. The molecule has 6 nitrogen and oxygen atoms in total. The molecule has 0 fully saturated rings. The Morgan fingerprint density at radius 1 is 1.18 bits per heavy atom. The van der Waals surface area contributed by atoms with E-state index in [0.717, 1.165) is 11.1 Å². The molecule has 3 rings (SSSR count). The van der Waals surface area contributed by atoms with Gasteiger partial charge < -0.3 is 9.73 Å². The second-order valence-electron chi connectivity index (χ2n) is 4.70. The van der Waals surface area contributed by atoms with E-state index in [9.17, 15) is 4.79 Å². The van der Waals surface area contributed by atoms with Crippen molar-refractivity contribution in [2.24, 2.45) is 0 Å². The SMILES string of the molecule is O=C(NCc1ccc(Cn2cncn2)cc1)c1ccc(Br)o1. The predicted octanol–water partition coefficient (Wildman–Crippen LogP) is 2.61. The van der Waals surface area contributed by atoms with Crippen LogP contribution >= 0.6 is 15.9 Å². The summed E-state index contributed by atoms with van der Waals surface area (Å²) in [7, 11) is 0. The highest BCUT2D eigenvalue weighted by Gasteiger charge is 2.09. The summed E-state index contributed by atoms with van der Waals surface area (Å²) in [4.78, 5) is 15.8. The minimum absolute atomic E-state index is 0.239. The van der Waals surface area contributed by atoms with E-state index >= 15 is 0 Å². The lowest BCUT2D eigenvalue weighted by molar-refractivity contribution is 0.0922. The number of amides is 1. The maximum atomic E-state index is 11.9. The number of hydrogen-bond donors (Lipinski definition) is 1. The third-order valence-electron chi connectivity index (χ3n) is 3.08. The number of nitrogens with one attached hydrogen (secondary N) is 1. The van der Waals surface area contributed by atoms with Gasteiger partial charge >= 0.3 is 0 Å². The molecule has 0 radical (unpaired) electrons. The molecule has 2 aromatic heterocycles. The lowest BCUT2D eigenvalue weighted by Crippen LogP contribution is -2.22. The van der Waals surface area contributed by atoms with Crippen molar-refractivity contribution in [2.75, 3.05) is 0 Å². The molecule has 1 amide bonds. The number of halogens is 1. The fourth-order valence-electron chi connectivity index (χ4n) is 1.97. The maximum Gasteiger partial charge on any atom is 0.287 e. The van der Waals surface area contributed by atoms with Crippen LogP contribution in [0.2, 0.25) is 0 Å².